The van der Waals surface area contributed by atoms with E-state index in [9.17, 15) is 9.59 Å². The summed E-state index contributed by atoms with van der Waals surface area (Å²) in [5, 5.41) is 4.10. The van der Waals surface area contributed by atoms with Gasteiger partial charge in [0.05, 0.1) is 0 Å². The zero-order valence-electron chi connectivity index (χ0n) is 22.3. The van der Waals surface area contributed by atoms with Gasteiger partial charge in [0.25, 0.3) is 0 Å². The molecule has 0 N–H and O–H groups in total. The molecule has 1 saturated heterocycles. The summed E-state index contributed by atoms with van der Waals surface area (Å²) in [5.41, 5.74) is -0.196. The maximum Gasteiger partial charge on any atom is 0.410 e. The molecule has 2 aromatic rings. The predicted molar refractivity (Wildman–Crippen MR) is 135 cm³/mol. The molecule has 0 radical (unpaired) electrons. The summed E-state index contributed by atoms with van der Waals surface area (Å²) in [5.74, 6) is 1.86. The van der Waals surface area contributed by atoms with E-state index in [0.717, 1.165) is 50.8 Å². The molecule has 0 saturated carbocycles. The second-order valence-electron chi connectivity index (χ2n) is 11.2. The van der Waals surface area contributed by atoms with E-state index < -0.39 is 17.2 Å². The second kappa shape index (κ2) is 11.8. The molecule has 1 aliphatic heterocycles. The first-order valence-electron chi connectivity index (χ1n) is 12.6. The van der Waals surface area contributed by atoms with Crippen LogP contribution < -0.4 is 4.74 Å². The summed E-state index contributed by atoms with van der Waals surface area (Å²) < 4.78 is 21.6. The van der Waals surface area contributed by atoms with Gasteiger partial charge in [0, 0.05) is 25.1 Å². The van der Waals surface area contributed by atoms with Crippen LogP contribution in [0.25, 0.3) is 11.4 Å². The van der Waals surface area contributed by atoms with Gasteiger partial charge in [-0.3, -0.25) is 0 Å². The first-order valence-corrected chi connectivity index (χ1v) is 12.6. The molecule has 36 heavy (non-hydrogen) atoms. The zero-order valence-corrected chi connectivity index (χ0v) is 22.3. The second-order valence-corrected chi connectivity index (χ2v) is 11.2. The van der Waals surface area contributed by atoms with Gasteiger partial charge in [0.2, 0.25) is 11.7 Å². The van der Waals surface area contributed by atoms with Crippen LogP contribution in [0, 0.1) is 5.92 Å². The van der Waals surface area contributed by atoms with Crippen LogP contribution in [0.3, 0.4) is 0 Å². The number of ether oxygens (including phenoxy) is 3. The Labute approximate surface area is 213 Å². The average Bonchev–Trinajstić information content (AvgIpc) is 3.25. The maximum atomic E-state index is 12.2. The van der Waals surface area contributed by atoms with E-state index in [1.165, 1.54) is 0 Å². The third kappa shape index (κ3) is 9.17. The lowest BCUT2D eigenvalue weighted by Gasteiger charge is -2.33. The molecule has 1 aliphatic rings. The molecule has 0 spiro atoms. The molecule has 198 valence electrons. The summed E-state index contributed by atoms with van der Waals surface area (Å²) in [6.45, 7) is 12.4. The van der Waals surface area contributed by atoms with E-state index in [1.54, 1.807) is 17.0 Å². The number of esters is 1. The van der Waals surface area contributed by atoms with Crippen LogP contribution in [-0.2, 0) is 20.7 Å². The maximum absolute atomic E-state index is 12.2. The number of hydrogen-bond donors (Lipinski definition) is 0. The van der Waals surface area contributed by atoms with Gasteiger partial charge < -0.3 is 23.6 Å². The number of piperidine rings is 1. The fourth-order valence-corrected chi connectivity index (χ4v) is 3.96. The Bertz CT molecular complexity index is 996. The van der Waals surface area contributed by atoms with Crippen LogP contribution in [0.4, 0.5) is 4.79 Å². The van der Waals surface area contributed by atoms with E-state index >= 15 is 0 Å². The van der Waals surface area contributed by atoms with Crippen LogP contribution in [-0.4, -0.2) is 58.0 Å². The van der Waals surface area contributed by atoms with Gasteiger partial charge in [0.15, 0.2) is 6.61 Å². The summed E-state index contributed by atoms with van der Waals surface area (Å²) in [6, 6.07) is 7.19. The number of likely N-dealkylation sites (tertiary alicyclic amines) is 1. The molecule has 0 unspecified atom stereocenters. The normalized spacial score (nSPS) is 15.0. The van der Waals surface area contributed by atoms with Crippen LogP contribution in [0.15, 0.2) is 28.8 Å². The van der Waals surface area contributed by atoms with E-state index in [-0.39, 0.29) is 12.7 Å². The van der Waals surface area contributed by atoms with Crippen molar-refractivity contribution in [1.82, 2.24) is 15.0 Å². The van der Waals surface area contributed by atoms with Gasteiger partial charge in [-0.2, -0.15) is 4.98 Å². The molecule has 1 amide bonds. The first-order chi connectivity index (χ1) is 16.9. The average molecular weight is 502 g/mol. The molecular formula is C27H39N3O6. The van der Waals surface area contributed by atoms with Gasteiger partial charge in [-0.15, -0.1) is 0 Å². The van der Waals surface area contributed by atoms with Crippen molar-refractivity contribution in [1.29, 1.82) is 0 Å². The molecule has 1 aromatic carbocycles. The molecule has 9 heteroatoms. The number of hydrogen-bond acceptors (Lipinski definition) is 8. The van der Waals surface area contributed by atoms with Gasteiger partial charge >= 0.3 is 12.1 Å². The minimum absolute atomic E-state index is 0.150. The van der Waals surface area contributed by atoms with Crippen molar-refractivity contribution in [2.45, 2.75) is 84.8 Å². The Hall–Kier alpha value is -3.10. The lowest BCUT2D eigenvalue weighted by molar-refractivity contribution is -0.157. The Balaban J connectivity index is 1.39. The van der Waals surface area contributed by atoms with Gasteiger partial charge in [-0.25, -0.2) is 9.59 Å². The van der Waals surface area contributed by atoms with Crippen molar-refractivity contribution in [2.75, 3.05) is 19.7 Å². The smallest absolute Gasteiger partial charge is 0.410 e. The van der Waals surface area contributed by atoms with Crippen LogP contribution >= 0.6 is 0 Å². The summed E-state index contributed by atoms with van der Waals surface area (Å²) in [4.78, 5) is 30.3. The number of carbonyl (C=O) groups excluding carboxylic acids is 2. The number of rotatable bonds is 8. The molecule has 0 aliphatic carbocycles. The number of carbonyl (C=O) groups is 2. The Kier molecular flexibility index (Phi) is 8.98. The Morgan fingerprint density at radius 3 is 2.25 bits per heavy atom. The van der Waals surface area contributed by atoms with Crippen molar-refractivity contribution >= 4 is 12.1 Å². The standard InChI is InChI=1S/C27H39N3O6/c1-26(2,3)34-23(31)18-33-21-12-10-20(11-13-21)24-28-22(36-29-24)9-7-8-19-14-16-30(17-15-19)25(32)35-27(4,5)6/h10-13,19H,7-9,14-18H2,1-6H3. The Morgan fingerprint density at radius 2 is 1.64 bits per heavy atom. The lowest BCUT2D eigenvalue weighted by atomic mass is 9.92. The predicted octanol–water partition coefficient (Wildman–Crippen LogP) is 5.43. The highest BCUT2D eigenvalue weighted by Crippen LogP contribution is 2.25. The van der Waals surface area contributed by atoms with Crippen LogP contribution in [0.2, 0.25) is 0 Å². The summed E-state index contributed by atoms with van der Waals surface area (Å²) in [7, 11) is 0. The molecule has 0 atom stereocenters. The van der Waals surface area contributed by atoms with Crippen LogP contribution in [0.1, 0.15) is 73.1 Å². The number of nitrogens with zero attached hydrogens (tertiary/aromatic N) is 3. The molecule has 3 rings (SSSR count). The SMILES string of the molecule is CC(C)(C)OC(=O)COc1ccc(-c2noc(CCCC3CCN(C(=O)OC(C)(C)C)CC3)n2)cc1. The highest BCUT2D eigenvalue weighted by Gasteiger charge is 2.26. The van der Waals surface area contributed by atoms with Crippen molar-refractivity contribution in [3.05, 3.63) is 30.2 Å². The summed E-state index contributed by atoms with van der Waals surface area (Å²) in [6.07, 6.45) is 4.48. The largest absolute Gasteiger partial charge is 0.482 e. The highest BCUT2D eigenvalue weighted by atomic mass is 16.6. The third-order valence-electron chi connectivity index (χ3n) is 5.63. The highest BCUT2D eigenvalue weighted by molar-refractivity contribution is 5.71. The zero-order chi connectivity index (χ0) is 26.3. The fraction of sp³-hybridized carbons (Fsp3) is 0.630. The van der Waals surface area contributed by atoms with E-state index in [1.807, 2.05) is 53.7 Å². The minimum Gasteiger partial charge on any atom is -0.482 e. The van der Waals surface area contributed by atoms with Crippen molar-refractivity contribution in [3.8, 4) is 17.1 Å². The molecule has 1 fully saturated rings. The van der Waals surface area contributed by atoms with E-state index in [2.05, 4.69) is 10.1 Å². The molecular weight excluding hydrogens is 462 g/mol. The molecule has 9 nitrogen and oxygen atoms in total. The van der Waals surface area contributed by atoms with E-state index in [4.69, 9.17) is 18.7 Å². The topological polar surface area (TPSA) is 104 Å². The summed E-state index contributed by atoms with van der Waals surface area (Å²) >= 11 is 0. The molecule has 2 heterocycles. The monoisotopic (exact) mass is 501 g/mol. The molecule has 0 bridgehead atoms. The number of aromatic nitrogens is 2. The van der Waals surface area contributed by atoms with Gasteiger partial charge in [0.1, 0.15) is 17.0 Å². The number of amides is 1. The van der Waals surface area contributed by atoms with Crippen LogP contribution in [0.5, 0.6) is 5.75 Å². The lowest BCUT2D eigenvalue weighted by Crippen LogP contribution is -2.41. The van der Waals surface area contributed by atoms with Crippen molar-refractivity contribution in [2.24, 2.45) is 5.92 Å². The number of aryl methyl sites for hydroxylation is 1. The number of benzene rings is 1. The van der Waals surface area contributed by atoms with Gasteiger partial charge in [-0.1, -0.05) is 5.16 Å². The first kappa shape index (κ1) is 27.5. The fourth-order valence-electron chi connectivity index (χ4n) is 3.96. The van der Waals surface area contributed by atoms with Crippen molar-refractivity contribution < 1.29 is 28.3 Å². The van der Waals surface area contributed by atoms with Gasteiger partial charge in [-0.05, 0) is 97.4 Å². The quantitative estimate of drug-likeness (QED) is 0.441. The Morgan fingerprint density at radius 1 is 1.00 bits per heavy atom. The molecule has 1 aromatic heterocycles. The third-order valence-corrected chi connectivity index (χ3v) is 5.63. The minimum atomic E-state index is -0.542. The van der Waals surface area contributed by atoms with E-state index in [0.29, 0.717) is 23.4 Å². The van der Waals surface area contributed by atoms with Crippen molar-refractivity contribution in [3.63, 3.8) is 0 Å².